The first-order valence-electron chi connectivity index (χ1n) is 13.0. The van der Waals surface area contributed by atoms with Crippen molar-refractivity contribution in [3.05, 3.63) is 47.8 Å². The average Bonchev–Trinajstić information content (AvgIpc) is 3.06. The van der Waals surface area contributed by atoms with Gasteiger partial charge in [0.1, 0.15) is 18.5 Å². The summed E-state index contributed by atoms with van der Waals surface area (Å²) in [4.78, 5) is 24.9. The maximum absolute atomic E-state index is 13.4. The van der Waals surface area contributed by atoms with Gasteiger partial charge in [-0.15, -0.1) is 0 Å². The highest BCUT2D eigenvalue weighted by molar-refractivity contribution is 5.89. The third-order valence-electron chi connectivity index (χ3n) is 10.4. The molecule has 0 aliphatic heterocycles. The molecule has 35 heavy (non-hydrogen) atoms. The molecule has 1 spiro atoms. The lowest BCUT2D eigenvalue weighted by atomic mass is 9.40. The average molecular weight is 485 g/mol. The molecule has 2 bridgehead atoms. The van der Waals surface area contributed by atoms with Gasteiger partial charge < -0.3 is 14.6 Å². The fourth-order valence-corrected chi connectivity index (χ4v) is 8.71. The first-order chi connectivity index (χ1) is 16.5. The van der Waals surface area contributed by atoms with Crippen molar-refractivity contribution in [2.24, 2.45) is 34.0 Å². The van der Waals surface area contributed by atoms with Gasteiger partial charge in [0.05, 0.1) is 11.7 Å². The predicted octanol–water partition coefficient (Wildman–Crippen LogP) is 5.46. The molecule has 0 radical (unpaired) electrons. The Hall–Kier alpha value is -2.21. The first-order valence-corrected chi connectivity index (χ1v) is 13.0. The van der Waals surface area contributed by atoms with E-state index in [0.29, 0.717) is 30.2 Å². The highest BCUT2D eigenvalue weighted by Crippen LogP contribution is 2.72. The van der Waals surface area contributed by atoms with Gasteiger partial charge in [-0.05, 0) is 92.4 Å². The molecule has 1 N–H and O–H groups in total. The van der Waals surface area contributed by atoms with E-state index in [1.54, 1.807) is 0 Å². The number of benzene rings is 1. The van der Waals surface area contributed by atoms with Gasteiger partial charge >= 0.3 is 11.9 Å². The SMILES string of the molecule is C=C1C[C@@]23C[C@@H]1CC[C@H]2[C@]1(C)CC[C@@H](OC(=O)c2ccc(F)cc2)[C@](C)(COC(C)=O)[C@@H]1C[C@@H]3O. The van der Waals surface area contributed by atoms with Gasteiger partial charge in [-0.25, -0.2) is 9.18 Å². The van der Waals surface area contributed by atoms with Crippen molar-refractivity contribution in [3.8, 4) is 0 Å². The lowest BCUT2D eigenvalue weighted by Crippen LogP contribution is -2.65. The van der Waals surface area contributed by atoms with Crippen LogP contribution in [0.15, 0.2) is 36.4 Å². The van der Waals surface area contributed by atoms with Crippen LogP contribution < -0.4 is 0 Å². The largest absolute Gasteiger partial charge is 0.465 e. The Bertz CT molecular complexity index is 1040. The van der Waals surface area contributed by atoms with Crippen LogP contribution in [0.5, 0.6) is 0 Å². The molecule has 8 atom stereocenters. The summed E-state index contributed by atoms with van der Waals surface area (Å²) >= 11 is 0. The van der Waals surface area contributed by atoms with Gasteiger partial charge in [0.25, 0.3) is 0 Å². The normalized spacial score (nSPS) is 42.1. The van der Waals surface area contributed by atoms with Crippen LogP contribution in [0.3, 0.4) is 0 Å². The van der Waals surface area contributed by atoms with Crippen molar-refractivity contribution in [1.29, 1.82) is 0 Å². The highest BCUT2D eigenvalue weighted by atomic mass is 19.1. The number of carbonyl (C=O) groups is 2. The number of hydrogen-bond acceptors (Lipinski definition) is 5. The Morgan fingerprint density at radius 1 is 1.14 bits per heavy atom. The smallest absolute Gasteiger partial charge is 0.338 e. The maximum atomic E-state index is 13.4. The molecule has 190 valence electrons. The van der Waals surface area contributed by atoms with Gasteiger partial charge in [0.2, 0.25) is 0 Å². The molecule has 6 heteroatoms. The van der Waals surface area contributed by atoms with Crippen molar-refractivity contribution in [2.45, 2.75) is 77.9 Å². The van der Waals surface area contributed by atoms with Crippen LogP contribution in [0, 0.1) is 39.8 Å². The number of carbonyl (C=O) groups excluding carboxylic acids is 2. The first kappa shape index (κ1) is 24.5. The summed E-state index contributed by atoms with van der Waals surface area (Å²) in [6, 6.07) is 5.34. The Kier molecular flexibility index (Phi) is 5.90. The van der Waals surface area contributed by atoms with E-state index in [1.807, 2.05) is 6.92 Å². The highest BCUT2D eigenvalue weighted by Gasteiger charge is 2.68. The van der Waals surface area contributed by atoms with Crippen molar-refractivity contribution in [2.75, 3.05) is 6.61 Å². The van der Waals surface area contributed by atoms with Crippen molar-refractivity contribution in [3.63, 3.8) is 0 Å². The molecule has 1 aromatic carbocycles. The van der Waals surface area contributed by atoms with E-state index in [1.165, 1.54) is 36.8 Å². The number of aliphatic hydroxyl groups is 1. The number of rotatable bonds is 4. The number of aliphatic hydroxyl groups excluding tert-OH is 1. The zero-order chi connectivity index (χ0) is 25.2. The molecule has 1 aromatic rings. The van der Waals surface area contributed by atoms with Crippen LogP contribution in [0.25, 0.3) is 0 Å². The van der Waals surface area contributed by atoms with E-state index < -0.39 is 29.4 Å². The molecule has 5 nitrogen and oxygen atoms in total. The quantitative estimate of drug-likeness (QED) is 0.454. The third kappa shape index (κ3) is 3.75. The summed E-state index contributed by atoms with van der Waals surface area (Å²) in [5.41, 5.74) is 0.745. The number of hydrogen-bond donors (Lipinski definition) is 1. The standard InChI is InChI=1S/C29H37FO5/c1-17-14-29-15-20(17)7-10-22(29)27(3)12-11-25(35-26(33)19-5-8-21(30)9-6-19)28(4,16-34-18(2)31)23(27)13-24(29)32/h5-6,8-9,20,22-25,32H,1,7,10-16H2,2-4H3/t20-,22-,23+,24-,25+,27-,28+,29+/m0/s1. The van der Waals surface area contributed by atoms with Crippen LogP contribution in [0.4, 0.5) is 4.39 Å². The predicted molar refractivity (Wildman–Crippen MR) is 129 cm³/mol. The molecule has 0 aromatic heterocycles. The number of ether oxygens (including phenoxy) is 2. The fraction of sp³-hybridized carbons (Fsp3) is 0.655. The van der Waals surface area contributed by atoms with Crippen LogP contribution in [-0.2, 0) is 14.3 Å². The molecule has 0 saturated heterocycles. The van der Waals surface area contributed by atoms with E-state index in [2.05, 4.69) is 13.5 Å². The Balaban J connectivity index is 1.48. The molecule has 0 unspecified atom stereocenters. The van der Waals surface area contributed by atoms with Gasteiger partial charge in [-0.3, -0.25) is 4.79 Å². The molecule has 4 aliphatic carbocycles. The molecule has 0 heterocycles. The Morgan fingerprint density at radius 2 is 1.86 bits per heavy atom. The van der Waals surface area contributed by atoms with E-state index in [0.717, 1.165) is 32.1 Å². The van der Waals surface area contributed by atoms with Gasteiger partial charge in [-0.2, -0.15) is 0 Å². The lowest BCUT2D eigenvalue weighted by molar-refractivity contribution is -0.232. The van der Waals surface area contributed by atoms with Crippen LogP contribution in [0.1, 0.15) is 76.1 Å². The lowest BCUT2D eigenvalue weighted by Gasteiger charge is -2.66. The number of fused-ring (bicyclic) bond motifs is 3. The fourth-order valence-electron chi connectivity index (χ4n) is 8.71. The summed E-state index contributed by atoms with van der Waals surface area (Å²) in [5, 5.41) is 11.6. The van der Waals surface area contributed by atoms with Crippen LogP contribution in [-0.4, -0.2) is 35.9 Å². The zero-order valence-electron chi connectivity index (χ0n) is 21.0. The summed E-state index contributed by atoms with van der Waals surface area (Å²) in [7, 11) is 0. The minimum Gasteiger partial charge on any atom is -0.465 e. The van der Waals surface area contributed by atoms with Crippen LogP contribution in [0.2, 0.25) is 0 Å². The van der Waals surface area contributed by atoms with Gasteiger partial charge in [-0.1, -0.05) is 26.0 Å². The van der Waals surface area contributed by atoms with E-state index in [4.69, 9.17) is 9.47 Å². The number of halogens is 1. The van der Waals surface area contributed by atoms with E-state index in [-0.39, 0.29) is 29.3 Å². The number of allylic oxidation sites excluding steroid dienone is 1. The molecule has 4 aliphatic rings. The third-order valence-corrected chi connectivity index (χ3v) is 10.4. The van der Waals surface area contributed by atoms with Crippen LogP contribution >= 0.6 is 0 Å². The van der Waals surface area contributed by atoms with Gasteiger partial charge in [0, 0.05) is 17.8 Å². The second-order valence-electron chi connectivity index (χ2n) is 12.1. The Labute approximate surface area is 207 Å². The molecular formula is C29H37FO5. The Morgan fingerprint density at radius 3 is 2.54 bits per heavy atom. The van der Waals surface area contributed by atoms with Gasteiger partial charge in [0.15, 0.2) is 0 Å². The van der Waals surface area contributed by atoms with Crippen molar-refractivity contribution in [1.82, 2.24) is 0 Å². The number of esters is 2. The minimum absolute atomic E-state index is 0.0187. The summed E-state index contributed by atoms with van der Waals surface area (Å²) in [5.74, 6) is -0.406. The van der Waals surface area contributed by atoms with Crippen molar-refractivity contribution < 1.29 is 28.6 Å². The minimum atomic E-state index is -0.649. The molecule has 4 saturated carbocycles. The topological polar surface area (TPSA) is 72.8 Å². The molecule has 0 amide bonds. The summed E-state index contributed by atoms with van der Waals surface area (Å²) in [6.45, 7) is 10.3. The molecule has 4 fully saturated rings. The summed E-state index contributed by atoms with van der Waals surface area (Å²) < 4.78 is 25.0. The maximum Gasteiger partial charge on any atom is 0.338 e. The molecule has 5 rings (SSSR count). The monoisotopic (exact) mass is 484 g/mol. The second kappa shape index (κ2) is 8.43. The van der Waals surface area contributed by atoms with E-state index >= 15 is 0 Å². The van der Waals surface area contributed by atoms with Crippen molar-refractivity contribution >= 4 is 11.9 Å². The second-order valence-corrected chi connectivity index (χ2v) is 12.1. The van der Waals surface area contributed by atoms with E-state index in [9.17, 15) is 19.1 Å². The summed E-state index contributed by atoms with van der Waals surface area (Å²) in [6.07, 6.45) is 5.29. The zero-order valence-corrected chi connectivity index (χ0v) is 21.0. The molecular weight excluding hydrogens is 447 g/mol.